The average molecular weight is 365 g/mol. The van der Waals surface area contributed by atoms with Crippen molar-refractivity contribution < 1.29 is 4.79 Å². The molecule has 0 aliphatic rings. The van der Waals surface area contributed by atoms with Gasteiger partial charge in [0, 0.05) is 16.1 Å². The van der Waals surface area contributed by atoms with E-state index >= 15 is 0 Å². The number of rotatable bonds is 3. The molecule has 122 valence electrons. The molecule has 0 aliphatic carbocycles. The number of nitrogens with zero attached hydrogens (tertiary/aromatic N) is 1. The van der Waals surface area contributed by atoms with Crippen molar-refractivity contribution in [2.45, 2.75) is 0 Å². The lowest BCUT2D eigenvalue weighted by Crippen LogP contribution is -2.12. The third-order valence-electron chi connectivity index (χ3n) is 3.79. The predicted molar refractivity (Wildman–Crippen MR) is 104 cm³/mol. The van der Waals surface area contributed by atoms with Gasteiger partial charge in [-0.15, -0.1) is 11.3 Å². The number of aromatic nitrogens is 1. The van der Waals surface area contributed by atoms with Crippen molar-refractivity contribution in [1.82, 2.24) is 4.98 Å². The zero-order chi connectivity index (χ0) is 17.2. The summed E-state index contributed by atoms with van der Waals surface area (Å²) in [7, 11) is 0. The number of hydrogen-bond acceptors (Lipinski definition) is 3. The number of thiazole rings is 1. The molecule has 3 aromatic carbocycles. The number of carbonyl (C=O) groups is 1. The van der Waals surface area contributed by atoms with Gasteiger partial charge in [-0.1, -0.05) is 41.9 Å². The van der Waals surface area contributed by atoms with Crippen LogP contribution in [-0.2, 0) is 0 Å². The number of carbonyl (C=O) groups excluding carboxylic acids is 1. The molecule has 1 heterocycles. The van der Waals surface area contributed by atoms with Crippen molar-refractivity contribution >= 4 is 44.7 Å². The standard InChI is InChI=1S/C20H13ClN2OS/c21-14-10-11-16(22-19(24)13-6-2-1-3-7-13)15(12-14)20-23-17-8-4-5-9-18(17)25-20/h1-12H,(H,22,24). The maximum atomic E-state index is 12.5. The van der Waals surface area contributed by atoms with E-state index in [-0.39, 0.29) is 5.91 Å². The van der Waals surface area contributed by atoms with Gasteiger partial charge in [-0.3, -0.25) is 4.79 Å². The molecule has 0 unspecified atom stereocenters. The Balaban J connectivity index is 1.75. The van der Waals surface area contributed by atoms with Crippen LogP contribution in [0.3, 0.4) is 0 Å². The molecule has 0 aliphatic heterocycles. The molecule has 4 rings (SSSR count). The maximum absolute atomic E-state index is 12.5. The first-order valence-corrected chi connectivity index (χ1v) is 8.92. The van der Waals surface area contributed by atoms with Gasteiger partial charge in [-0.2, -0.15) is 0 Å². The summed E-state index contributed by atoms with van der Waals surface area (Å²) in [4.78, 5) is 17.2. The van der Waals surface area contributed by atoms with E-state index in [2.05, 4.69) is 10.3 Å². The van der Waals surface area contributed by atoms with Crippen LogP contribution < -0.4 is 5.32 Å². The molecular formula is C20H13ClN2OS. The van der Waals surface area contributed by atoms with Crippen LogP contribution in [0, 0.1) is 0 Å². The van der Waals surface area contributed by atoms with Gasteiger partial charge in [0.25, 0.3) is 5.91 Å². The number of para-hydroxylation sites is 1. The summed E-state index contributed by atoms with van der Waals surface area (Å²) in [6, 6.07) is 22.5. The maximum Gasteiger partial charge on any atom is 0.255 e. The van der Waals surface area contributed by atoms with Gasteiger partial charge in [-0.25, -0.2) is 4.98 Å². The second kappa shape index (κ2) is 6.67. The molecule has 0 saturated carbocycles. The average Bonchev–Trinajstić information content (AvgIpc) is 3.08. The van der Waals surface area contributed by atoms with Crippen LogP contribution in [-0.4, -0.2) is 10.9 Å². The van der Waals surface area contributed by atoms with Gasteiger partial charge < -0.3 is 5.32 Å². The molecule has 5 heteroatoms. The molecule has 1 aromatic heterocycles. The summed E-state index contributed by atoms with van der Waals surface area (Å²) < 4.78 is 1.10. The second-order valence-corrected chi connectivity index (χ2v) is 6.96. The number of halogens is 1. The van der Waals surface area contributed by atoms with Gasteiger partial charge in [-0.05, 0) is 42.5 Å². The predicted octanol–water partition coefficient (Wildman–Crippen LogP) is 5.87. The highest BCUT2D eigenvalue weighted by atomic mass is 35.5. The topological polar surface area (TPSA) is 42.0 Å². The Kier molecular flexibility index (Phi) is 4.22. The van der Waals surface area contributed by atoms with E-state index in [9.17, 15) is 4.79 Å². The van der Waals surface area contributed by atoms with Gasteiger partial charge in [0.15, 0.2) is 0 Å². The van der Waals surface area contributed by atoms with E-state index in [1.807, 2.05) is 54.6 Å². The normalized spacial score (nSPS) is 10.8. The Labute approximate surface area is 153 Å². The fourth-order valence-corrected chi connectivity index (χ4v) is 3.74. The number of amides is 1. The molecule has 0 fully saturated rings. The minimum atomic E-state index is -0.162. The van der Waals surface area contributed by atoms with Crippen molar-refractivity contribution in [2.75, 3.05) is 5.32 Å². The SMILES string of the molecule is O=C(Nc1ccc(Cl)cc1-c1nc2ccccc2s1)c1ccccc1. The number of fused-ring (bicyclic) bond motifs is 1. The van der Waals surface area contributed by atoms with Gasteiger partial charge in [0.2, 0.25) is 0 Å². The van der Waals surface area contributed by atoms with E-state index in [0.29, 0.717) is 16.3 Å². The molecule has 0 saturated heterocycles. The van der Waals surface area contributed by atoms with Crippen LogP contribution in [0.5, 0.6) is 0 Å². The van der Waals surface area contributed by atoms with E-state index in [1.54, 1.807) is 29.5 Å². The zero-order valence-corrected chi connectivity index (χ0v) is 14.6. The number of anilines is 1. The third-order valence-corrected chi connectivity index (χ3v) is 5.09. The fraction of sp³-hybridized carbons (Fsp3) is 0. The Morgan fingerprint density at radius 2 is 1.72 bits per heavy atom. The highest BCUT2D eigenvalue weighted by Gasteiger charge is 2.14. The van der Waals surface area contributed by atoms with Crippen LogP contribution in [0.15, 0.2) is 72.8 Å². The molecule has 0 radical (unpaired) electrons. The minimum Gasteiger partial charge on any atom is -0.321 e. The number of nitrogens with one attached hydrogen (secondary N) is 1. The molecule has 4 aromatic rings. The lowest BCUT2D eigenvalue weighted by Gasteiger charge is -2.10. The summed E-state index contributed by atoms with van der Waals surface area (Å²) in [5.74, 6) is -0.162. The summed E-state index contributed by atoms with van der Waals surface area (Å²) in [5.41, 5.74) is 3.05. The van der Waals surface area contributed by atoms with Crippen molar-refractivity contribution in [2.24, 2.45) is 0 Å². The highest BCUT2D eigenvalue weighted by molar-refractivity contribution is 7.21. The minimum absolute atomic E-state index is 0.162. The van der Waals surface area contributed by atoms with Crippen molar-refractivity contribution in [3.63, 3.8) is 0 Å². The first-order valence-electron chi connectivity index (χ1n) is 7.72. The summed E-state index contributed by atoms with van der Waals surface area (Å²) in [6.45, 7) is 0. The Bertz CT molecular complexity index is 1030. The monoisotopic (exact) mass is 364 g/mol. The summed E-state index contributed by atoms with van der Waals surface area (Å²) >= 11 is 7.76. The molecule has 3 nitrogen and oxygen atoms in total. The second-order valence-electron chi connectivity index (χ2n) is 5.50. The van der Waals surface area contributed by atoms with Gasteiger partial charge >= 0.3 is 0 Å². The van der Waals surface area contributed by atoms with Crippen LogP contribution in [0.4, 0.5) is 5.69 Å². The Morgan fingerprint density at radius 3 is 2.52 bits per heavy atom. The van der Waals surface area contributed by atoms with Crippen molar-refractivity contribution in [3.05, 3.63) is 83.4 Å². The Hall–Kier alpha value is -2.69. The lowest BCUT2D eigenvalue weighted by molar-refractivity contribution is 0.102. The molecule has 1 N–H and O–H groups in total. The van der Waals surface area contributed by atoms with Crippen LogP contribution in [0.1, 0.15) is 10.4 Å². The molecule has 0 bridgehead atoms. The number of hydrogen-bond donors (Lipinski definition) is 1. The van der Waals surface area contributed by atoms with Crippen molar-refractivity contribution in [3.8, 4) is 10.6 Å². The Morgan fingerprint density at radius 1 is 0.960 bits per heavy atom. The number of benzene rings is 3. The van der Waals surface area contributed by atoms with Crippen LogP contribution in [0.2, 0.25) is 5.02 Å². The highest BCUT2D eigenvalue weighted by Crippen LogP contribution is 2.36. The van der Waals surface area contributed by atoms with E-state index in [1.165, 1.54) is 0 Å². The molecule has 0 atom stereocenters. The quantitative estimate of drug-likeness (QED) is 0.494. The van der Waals surface area contributed by atoms with E-state index in [0.717, 1.165) is 20.8 Å². The first kappa shape index (κ1) is 15.8. The van der Waals surface area contributed by atoms with E-state index < -0.39 is 0 Å². The fourth-order valence-electron chi connectivity index (χ4n) is 2.57. The first-order chi connectivity index (χ1) is 12.2. The molecule has 0 spiro atoms. The molecular weight excluding hydrogens is 352 g/mol. The van der Waals surface area contributed by atoms with Crippen LogP contribution >= 0.6 is 22.9 Å². The molecule has 25 heavy (non-hydrogen) atoms. The third kappa shape index (κ3) is 3.27. The lowest BCUT2D eigenvalue weighted by atomic mass is 10.1. The van der Waals surface area contributed by atoms with Crippen molar-refractivity contribution in [1.29, 1.82) is 0 Å². The zero-order valence-electron chi connectivity index (χ0n) is 13.1. The van der Waals surface area contributed by atoms with Gasteiger partial charge in [0.05, 0.1) is 15.9 Å². The van der Waals surface area contributed by atoms with Crippen LogP contribution in [0.25, 0.3) is 20.8 Å². The largest absolute Gasteiger partial charge is 0.321 e. The summed E-state index contributed by atoms with van der Waals surface area (Å²) in [6.07, 6.45) is 0. The smallest absolute Gasteiger partial charge is 0.255 e. The molecule has 1 amide bonds. The summed E-state index contributed by atoms with van der Waals surface area (Å²) in [5, 5.41) is 4.40. The van der Waals surface area contributed by atoms with Gasteiger partial charge in [0.1, 0.15) is 5.01 Å². The van der Waals surface area contributed by atoms with E-state index in [4.69, 9.17) is 11.6 Å².